The molecule has 1 fully saturated rings. The normalized spacial score (nSPS) is 36.5. The van der Waals surface area contributed by atoms with Gasteiger partial charge in [0.2, 0.25) is 0 Å². The van der Waals surface area contributed by atoms with E-state index in [4.69, 9.17) is 4.74 Å². The highest BCUT2D eigenvalue weighted by Crippen LogP contribution is 2.30. The lowest BCUT2D eigenvalue weighted by atomic mass is 9.98. The van der Waals surface area contributed by atoms with Crippen molar-refractivity contribution in [3.63, 3.8) is 0 Å². The molecule has 0 aromatic carbocycles. The monoisotopic (exact) mass is 185 g/mol. The lowest BCUT2D eigenvalue weighted by molar-refractivity contribution is 0.112. The number of nitrogens with one attached hydrogen (secondary N) is 1. The fraction of sp³-hybridized carbons (Fsp3) is 1.00. The molecule has 0 radical (unpaired) electrons. The van der Waals surface area contributed by atoms with Gasteiger partial charge in [-0.25, -0.2) is 0 Å². The van der Waals surface area contributed by atoms with Crippen molar-refractivity contribution in [3.05, 3.63) is 0 Å². The maximum absolute atomic E-state index is 5.21. The van der Waals surface area contributed by atoms with Gasteiger partial charge in [-0.2, -0.15) is 0 Å². The third-order valence-corrected chi connectivity index (χ3v) is 3.54. The zero-order chi connectivity index (χ0) is 9.84. The molecule has 0 aromatic heterocycles. The van der Waals surface area contributed by atoms with E-state index in [2.05, 4.69) is 26.1 Å². The molecule has 4 atom stereocenters. The van der Waals surface area contributed by atoms with Crippen molar-refractivity contribution in [1.29, 1.82) is 0 Å². The van der Waals surface area contributed by atoms with Crippen LogP contribution in [0, 0.1) is 11.8 Å². The molecule has 1 saturated carbocycles. The van der Waals surface area contributed by atoms with Crippen LogP contribution in [0.2, 0.25) is 0 Å². The van der Waals surface area contributed by atoms with Crippen LogP contribution in [0.1, 0.15) is 33.6 Å². The van der Waals surface area contributed by atoms with Gasteiger partial charge in [0.1, 0.15) is 0 Å². The summed E-state index contributed by atoms with van der Waals surface area (Å²) in [7, 11) is 1.77. The van der Waals surface area contributed by atoms with Crippen molar-refractivity contribution in [2.45, 2.75) is 45.8 Å². The van der Waals surface area contributed by atoms with Crippen LogP contribution in [0.4, 0.5) is 0 Å². The molecule has 1 N–H and O–H groups in total. The summed E-state index contributed by atoms with van der Waals surface area (Å²) in [4.78, 5) is 0. The molecule has 0 aliphatic heterocycles. The molecule has 0 saturated heterocycles. The zero-order valence-electron chi connectivity index (χ0n) is 9.34. The molecule has 4 unspecified atom stereocenters. The predicted molar refractivity (Wildman–Crippen MR) is 55.8 cm³/mol. The van der Waals surface area contributed by atoms with Gasteiger partial charge in [0.15, 0.2) is 0 Å². The zero-order valence-corrected chi connectivity index (χ0v) is 9.34. The quantitative estimate of drug-likeness (QED) is 0.723. The maximum Gasteiger partial charge on any atom is 0.0667 e. The lowest BCUT2D eigenvalue weighted by Gasteiger charge is -2.21. The molecule has 0 bridgehead atoms. The van der Waals surface area contributed by atoms with Gasteiger partial charge in [0, 0.05) is 19.7 Å². The Balaban J connectivity index is 2.22. The largest absolute Gasteiger partial charge is 0.380 e. The first-order valence-corrected chi connectivity index (χ1v) is 5.41. The SMILES string of the molecule is COC(C)CNC1CCC(C)C1C. The van der Waals surface area contributed by atoms with E-state index in [0.717, 1.165) is 18.4 Å². The predicted octanol–water partition coefficient (Wildman–Crippen LogP) is 2.05. The Hall–Kier alpha value is -0.0800. The van der Waals surface area contributed by atoms with Crippen LogP contribution in [-0.4, -0.2) is 25.8 Å². The van der Waals surface area contributed by atoms with E-state index in [1.807, 2.05) is 0 Å². The van der Waals surface area contributed by atoms with E-state index in [1.165, 1.54) is 12.8 Å². The molecule has 2 heteroatoms. The first kappa shape index (κ1) is 11.0. The minimum absolute atomic E-state index is 0.336. The van der Waals surface area contributed by atoms with Gasteiger partial charge in [-0.1, -0.05) is 13.8 Å². The first-order chi connectivity index (χ1) is 6.15. The van der Waals surface area contributed by atoms with E-state index < -0.39 is 0 Å². The van der Waals surface area contributed by atoms with Crippen molar-refractivity contribution in [2.75, 3.05) is 13.7 Å². The first-order valence-electron chi connectivity index (χ1n) is 5.41. The summed E-state index contributed by atoms with van der Waals surface area (Å²) in [6.07, 6.45) is 3.04. The molecule has 78 valence electrons. The molecule has 0 heterocycles. The summed E-state index contributed by atoms with van der Waals surface area (Å²) in [5.74, 6) is 1.71. The molecule has 1 aliphatic carbocycles. The minimum atomic E-state index is 0.336. The highest BCUT2D eigenvalue weighted by Gasteiger charge is 2.29. The van der Waals surface area contributed by atoms with Gasteiger partial charge in [0.25, 0.3) is 0 Å². The van der Waals surface area contributed by atoms with Crippen molar-refractivity contribution in [1.82, 2.24) is 5.32 Å². The second-order valence-corrected chi connectivity index (χ2v) is 4.47. The van der Waals surface area contributed by atoms with Crippen LogP contribution in [0.25, 0.3) is 0 Å². The third kappa shape index (κ3) is 2.96. The van der Waals surface area contributed by atoms with Crippen molar-refractivity contribution in [3.8, 4) is 0 Å². The molecule has 1 aliphatic rings. The van der Waals surface area contributed by atoms with E-state index in [0.29, 0.717) is 12.1 Å². The molecule has 13 heavy (non-hydrogen) atoms. The minimum Gasteiger partial charge on any atom is -0.380 e. The van der Waals surface area contributed by atoms with Gasteiger partial charge in [-0.05, 0) is 31.6 Å². The Morgan fingerprint density at radius 2 is 2.08 bits per heavy atom. The highest BCUT2D eigenvalue weighted by atomic mass is 16.5. The number of methoxy groups -OCH3 is 1. The second-order valence-electron chi connectivity index (χ2n) is 4.47. The van der Waals surface area contributed by atoms with Crippen LogP contribution >= 0.6 is 0 Å². The summed E-state index contributed by atoms with van der Waals surface area (Å²) in [5, 5.41) is 3.59. The van der Waals surface area contributed by atoms with E-state index >= 15 is 0 Å². The molecule has 0 spiro atoms. The van der Waals surface area contributed by atoms with Crippen molar-refractivity contribution >= 4 is 0 Å². The Morgan fingerprint density at radius 1 is 1.38 bits per heavy atom. The van der Waals surface area contributed by atoms with Crippen LogP contribution < -0.4 is 5.32 Å². The summed E-state index contributed by atoms with van der Waals surface area (Å²) < 4.78 is 5.21. The van der Waals surface area contributed by atoms with Gasteiger partial charge < -0.3 is 10.1 Å². The molecule has 1 rings (SSSR count). The van der Waals surface area contributed by atoms with Crippen LogP contribution in [0.15, 0.2) is 0 Å². The average molecular weight is 185 g/mol. The summed E-state index contributed by atoms with van der Waals surface area (Å²) in [5.41, 5.74) is 0. The number of hydrogen-bond acceptors (Lipinski definition) is 2. The van der Waals surface area contributed by atoms with Crippen LogP contribution in [-0.2, 0) is 4.74 Å². The van der Waals surface area contributed by atoms with Gasteiger partial charge in [-0.15, -0.1) is 0 Å². The fourth-order valence-electron chi connectivity index (χ4n) is 2.05. The van der Waals surface area contributed by atoms with E-state index in [9.17, 15) is 0 Å². The topological polar surface area (TPSA) is 21.3 Å². The van der Waals surface area contributed by atoms with E-state index in [1.54, 1.807) is 7.11 Å². The maximum atomic E-state index is 5.21. The number of hydrogen-bond donors (Lipinski definition) is 1. The number of rotatable bonds is 4. The van der Waals surface area contributed by atoms with E-state index in [-0.39, 0.29) is 0 Å². The Labute approximate surface area is 82.0 Å². The standard InChI is InChI=1S/C11H23NO/c1-8-5-6-11(10(8)3)12-7-9(2)13-4/h8-12H,5-7H2,1-4H3. The summed E-state index contributed by atoms with van der Waals surface area (Å²) in [6.45, 7) is 7.80. The Bertz CT molecular complexity index is 149. The molecular formula is C11H23NO. The second kappa shape index (κ2) is 4.97. The average Bonchev–Trinajstić information content (AvgIpc) is 2.44. The fourth-order valence-corrected chi connectivity index (χ4v) is 2.05. The van der Waals surface area contributed by atoms with Crippen LogP contribution in [0.5, 0.6) is 0 Å². The Morgan fingerprint density at radius 3 is 2.54 bits per heavy atom. The summed E-state index contributed by atoms with van der Waals surface area (Å²) >= 11 is 0. The highest BCUT2D eigenvalue weighted by molar-refractivity contribution is 4.85. The van der Waals surface area contributed by atoms with Gasteiger partial charge in [0.05, 0.1) is 6.10 Å². The summed E-state index contributed by atoms with van der Waals surface area (Å²) in [6, 6.07) is 0.715. The van der Waals surface area contributed by atoms with Gasteiger partial charge >= 0.3 is 0 Å². The molecular weight excluding hydrogens is 162 g/mol. The number of ether oxygens (including phenoxy) is 1. The van der Waals surface area contributed by atoms with Crippen molar-refractivity contribution in [2.24, 2.45) is 11.8 Å². The molecule has 0 aromatic rings. The molecule has 0 amide bonds. The van der Waals surface area contributed by atoms with Gasteiger partial charge in [-0.3, -0.25) is 0 Å². The van der Waals surface area contributed by atoms with Crippen LogP contribution in [0.3, 0.4) is 0 Å². The van der Waals surface area contributed by atoms with Crippen molar-refractivity contribution < 1.29 is 4.74 Å². The lowest BCUT2D eigenvalue weighted by Crippen LogP contribution is -2.37. The Kier molecular flexibility index (Phi) is 4.20. The molecule has 2 nitrogen and oxygen atoms in total. The third-order valence-electron chi connectivity index (χ3n) is 3.54. The smallest absolute Gasteiger partial charge is 0.0667 e.